The lowest BCUT2D eigenvalue weighted by atomic mass is 9.54. The molecule has 0 aromatic rings. The quantitative estimate of drug-likeness (QED) is 0.506. The number of ketones is 1. The van der Waals surface area contributed by atoms with Crippen LogP contribution in [0, 0.1) is 17.3 Å². The Morgan fingerprint density at radius 2 is 1.96 bits per heavy atom. The fourth-order valence-corrected chi connectivity index (χ4v) is 7.11. The van der Waals surface area contributed by atoms with Gasteiger partial charge in [-0.3, -0.25) is 4.79 Å². The summed E-state index contributed by atoms with van der Waals surface area (Å²) in [6, 6.07) is 0. The van der Waals surface area contributed by atoms with Gasteiger partial charge in [-0.05, 0) is 49.5 Å². The average molecular weight is 330 g/mol. The van der Waals surface area contributed by atoms with Gasteiger partial charge in [0, 0.05) is 24.7 Å². The first-order valence-electron chi connectivity index (χ1n) is 9.75. The van der Waals surface area contributed by atoms with Crippen LogP contribution < -0.4 is 0 Å². The van der Waals surface area contributed by atoms with Crippen molar-refractivity contribution in [1.29, 1.82) is 0 Å². The predicted octanol–water partition coefficient (Wildman–Crippen LogP) is 3.15. The SMILES string of the molecule is C[C@]12CC=C3C(CC[C@]45CC6(CC[C@]34O5)OCCO6)C1CCC2=O. The maximum Gasteiger partial charge on any atom is 0.171 e. The second kappa shape index (κ2) is 4.16. The van der Waals surface area contributed by atoms with Crippen molar-refractivity contribution < 1.29 is 19.0 Å². The number of hydrogen-bond donors (Lipinski definition) is 0. The van der Waals surface area contributed by atoms with Crippen molar-refractivity contribution in [2.24, 2.45) is 17.3 Å². The van der Waals surface area contributed by atoms with Crippen molar-refractivity contribution in [2.75, 3.05) is 13.2 Å². The summed E-state index contributed by atoms with van der Waals surface area (Å²) in [4.78, 5) is 12.5. The number of ether oxygens (including phenoxy) is 3. The number of allylic oxidation sites excluding steroid dienone is 1. The Kier molecular flexibility index (Phi) is 2.51. The summed E-state index contributed by atoms with van der Waals surface area (Å²) in [6.45, 7) is 3.65. The van der Waals surface area contributed by atoms with Crippen molar-refractivity contribution >= 4 is 5.78 Å². The molecule has 0 aromatic carbocycles. The molecule has 4 aliphatic carbocycles. The van der Waals surface area contributed by atoms with Gasteiger partial charge >= 0.3 is 0 Å². The highest BCUT2D eigenvalue weighted by molar-refractivity contribution is 5.87. The number of fused-ring (bicyclic) bond motifs is 3. The molecule has 2 unspecified atom stereocenters. The van der Waals surface area contributed by atoms with Gasteiger partial charge in [0.1, 0.15) is 17.0 Å². The van der Waals surface area contributed by atoms with E-state index < -0.39 is 0 Å². The minimum absolute atomic E-state index is 0.0473. The Hall–Kier alpha value is -0.710. The van der Waals surface area contributed by atoms with Gasteiger partial charge in [-0.2, -0.15) is 0 Å². The van der Waals surface area contributed by atoms with Crippen LogP contribution >= 0.6 is 0 Å². The van der Waals surface area contributed by atoms with Crippen LogP contribution in [0.5, 0.6) is 0 Å². The lowest BCUT2D eigenvalue weighted by Crippen LogP contribution is -2.51. The highest BCUT2D eigenvalue weighted by atomic mass is 16.7. The van der Waals surface area contributed by atoms with Crippen LogP contribution in [0.15, 0.2) is 11.6 Å². The van der Waals surface area contributed by atoms with E-state index in [9.17, 15) is 4.79 Å². The van der Waals surface area contributed by atoms with Crippen molar-refractivity contribution in [1.82, 2.24) is 0 Å². The van der Waals surface area contributed by atoms with Gasteiger partial charge in [-0.25, -0.2) is 0 Å². The van der Waals surface area contributed by atoms with Crippen LogP contribution in [0.4, 0.5) is 0 Å². The molecule has 6 rings (SSSR count). The summed E-state index contributed by atoms with van der Waals surface area (Å²) in [5.74, 6) is 1.21. The molecule has 2 aliphatic heterocycles. The van der Waals surface area contributed by atoms with E-state index in [-0.39, 0.29) is 22.4 Å². The zero-order valence-electron chi connectivity index (χ0n) is 14.4. The lowest BCUT2D eigenvalue weighted by Gasteiger charge is -2.48. The first-order chi connectivity index (χ1) is 11.5. The molecule has 0 bridgehead atoms. The third-order valence-corrected chi connectivity index (χ3v) is 8.38. The van der Waals surface area contributed by atoms with Crippen LogP contribution in [-0.2, 0) is 19.0 Å². The van der Waals surface area contributed by atoms with Gasteiger partial charge in [0.25, 0.3) is 0 Å². The molecule has 3 saturated carbocycles. The molecular formula is C20H26O4. The molecule has 24 heavy (non-hydrogen) atoms. The van der Waals surface area contributed by atoms with E-state index in [1.807, 2.05) is 0 Å². The van der Waals surface area contributed by atoms with Gasteiger partial charge in [-0.1, -0.05) is 13.0 Å². The van der Waals surface area contributed by atoms with E-state index in [1.54, 1.807) is 5.57 Å². The number of hydrogen-bond acceptors (Lipinski definition) is 4. The highest BCUT2D eigenvalue weighted by Crippen LogP contribution is 2.73. The summed E-state index contributed by atoms with van der Waals surface area (Å²) in [5, 5.41) is 0. The Morgan fingerprint density at radius 1 is 1.12 bits per heavy atom. The molecule has 4 heteroatoms. The largest absolute Gasteiger partial charge is 0.358 e. The Labute approximate surface area is 142 Å². The Bertz CT molecular complexity index is 663. The zero-order valence-corrected chi connectivity index (χ0v) is 14.4. The van der Waals surface area contributed by atoms with Crippen LogP contribution in [0.1, 0.15) is 58.3 Å². The summed E-state index contributed by atoms with van der Waals surface area (Å²) >= 11 is 0. The number of Topliss-reactive ketones (excluding diaryl/α,β-unsaturated/α-hetero) is 1. The summed E-state index contributed by atoms with van der Waals surface area (Å²) in [6.07, 6.45) is 10.3. The molecule has 0 N–H and O–H groups in total. The van der Waals surface area contributed by atoms with E-state index in [4.69, 9.17) is 14.2 Å². The van der Waals surface area contributed by atoms with Crippen LogP contribution in [0.3, 0.4) is 0 Å². The maximum absolute atomic E-state index is 12.5. The average Bonchev–Trinajstić information content (AvgIpc) is 2.88. The predicted molar refractivity (Wildman–Crippen MR) is 86.3 cm³/mol. The topological polar surface area (TPSA) is 48.1 Å². The normalized spacial score (nSPS) is 53.9. The van der Waals surface area contributed by atoms with E-state index in [1.165, 1.54) is 0 Å². The third kappa shape index (κ3) is 1.47. The molecular weight excluding hydrogens is 304 g/mol. The maximum atomic E-state index is 12.5. The van der Waals surface area contributed by atoms with Crippen molar-refractivity contribution in [3.8, 4) is 0 Å². The third-order valence-electron chi connectivity index (χ3n) is 8.38. The zero-order chi connectivity index (χ0) is 16.2. The first-order valence-corrected chi connectivity index (χ1v) is 9.75. The minimum Gasteiger partial charge on any atom is -0.358 e. The number of carbonyl (C=O) groups is 1. The molecule has 0 radical (unpaired) electrons. The van der Waals surface area contributed by atoms with Crippen molar-refractivity contribution in [2.45, 2.75) is 75.3 Å². The van der Waals surface area contributed by atoms with Crippen LogP contribution in [0.2, 0.25) is 0 Å². The van der Waals surface area contributed by atoms with Gasteiger partial charge in [0.15, 0.2) is 5.79 Å². The van der Waals surface area contributed by atoms with Crippen molar-refractivity contribution in [3.05, 3.63) is 11.6 Å². The minimum atomic E-state index is -0.375. The standard InChI is InChI=1S/C20H26O4/c1-17-6-5-15-13(14(17)2-3-16(17)21)4-7-18-12-19(22-10-11-23-19)8-9-20(15,18)24-18/h5,13-14H,2-4,6-12H2,1H3/t13?,14?,17-,18-,20-/m0/s1. The van der Waals surface area contributed by atoms with Gasteiger partial charge in [0.05, 0.1) is 13.2 Å². The second-order valence-corrected chi connectivity index (χ2v) is 9.20. The van der Waals surface area contributed by atoms with E-state index in [0.717, 1.165) is 64.6 Å². The van der Waals surface area contributed by atoms with Crippen LogP contribution in [-0.4, -0.2) is 36.0 Å². The molecule has 2 heterocycles. The molecule has 5 atom stereocenters. The van der Waals surface area contributed by atoms with E-state index in [0.29, 0.717) is 17.6 Å². The van der Waals surface area contributed by atoms with Crippen LogP contribution in [0.25, 0.3) is 0 Å². The molecule has 4 nitrogen and oxygen atoms in total. The second-order valence-electron chi connectivity index (χ2n) is 9.20. The fourth-order valence-electron chi connectivity index (χ4n) is 7.11. The highest BCUT2D eigenvalue weighted by Gasteiger charge is 2.79. The van der Waals surface area contributed by atoms with Gasteiger partial charge in [0.2, 0.25) is 0 Å². The van der Waals surface area contributed by atoms with E-state index >= 15 is 0 Å². The summed E-state index contributed by atoms with van der Waals surface area (Å²) in [5.41, 5.74) is 1.34. The molecule has 1 spiro atoms. The molecule has 130 valence electrons. The van der Waals surface area contributed by atoms with Gasteiger partial charge < -0.3 is 14.2 Å². The molecule has 6 aliphatic rings. The number of rotatable bonds is 0. The fraction of sp³-hybridized carbons (Fsp3) is 0.850. The Balaban J connectivity index is 1.37. The summed E-state index contributed by atoms with van der Waals surface area (Å²) < 4.78 is 18.5. The molecule has 2 saturated heterocycles. The molecule has 5 fully saturated rings. The molecule has 0 aromatic heterocycles. The van der Waals surface area contributed by atoms with E-state index in [2.05, 4.69) is 13.0 Å². The molecule has 0 amide bonds. The van der Waals surface area contributed by atoms with Gasteiger partial charge in [-0.15, -0.1) is 0 Å². The number of epoxide rings is 1. The number of carbonyl (C=O) groups excluding carboxylic acids is 1. The summed E-state index contributed by atoms with van der Waals surface area (Å²) in [7, 11) is 0. The monoisotopic (exact) mass is 330 g/mol. The first kappa shape index (κ1) is 14.5. The smallest absolute Gasteiger partial charge is 0.171 e. The van der Waals surface area contributed by atoms with Crippen molar-refractivity contribution in [3.63, 3.8) is 0 Å². The lowest BCUT2D eigenvalue weighted by molar-refractivity contribution is -0.185. The Morgan fingerprint density at radius 3 is 2.79 bits per heavy atom.